The normalized spacial score (nSPS) is 15.7. The Morgan fingerprint density at radius 3 is 2.35 bits per heavy atom. The largest absolute Gasteiger partial charge is 0.484 e. The van der Waals surface area contributed by atoms with Gasteiger partial charge in [-0.2, -0.15) is 0 Å². The van der Waals surface area contributed by atoms with Gasteiger partial charge in [0.25, 0.3) is 5.91 Å². The molecule has 1 aromatic rings. The van der Waals surface area contributed by atoms with Crippen LogP contribution in [0.3, 0.4) is 0 Å². The number of amides is 1. The first-order valence-corrected chi connectivity index (χ1v) is 8.18. The van der Waals surface area contributed by atoms with Gasteiger partial charge < -0.3 is 14.7 Å². The zero-order chi connectivity index (χ0) is 16.8. The predicted octanol–water partition coefficient (Wildman–Crippen LogP) is 2.90. The summed E-state index contributed by atoms with van der Waals surface area (Å²) in [6, 6.07) is 7.81. The lowest BCUT2D eigenvalue weighted by Gasteiger charge is -2.31. The van der Waals surface area contributed by atoms with Crippen molar-refractivity contribution in [3.63, 3.8) is 0 Å². The first kappa shape index (κ1) is 17.3. The summed E-state index contributed by atoms with van der Waals surface area (Å²) in [4.78, 5) is 24.6. The van der Waals surface area contributed by atoms with Crippen LogP contribution in [0.1, 0.15) is 44.6 Å². The monoisotopic (exact) mass is 319 g/mol. The van der Waals surface area contributed by atoms with Crippen LogP contribution < -0.4 is 4.74 Å². The molecule has 1 saturated heterocycles. The quantitative estimate of drug-likeness (QED) is 0.875. The van der Waals surface area contributed by atoms with E-state index in [2.05, 4.69) is 13.8 Å². The molecule has 1 aliphatic rings. The van der Waals surface area contributed by atoms with Gasteiger partial charge in [0, 0.05) is 19.5 Å². The summed E-state index contributed by atoms with van der Waals surface area (Å²) in [7, 11) is 0. The van der Waals surface area contributed by atoms with Gasteiger partial charge in [0.15, 0.2) is 6.61 Å². The molecule has 0 bridgehead atoms. The SMILES string of the molecule is CC(C)c1ccc(OCC(=O)N2CCC(CC(=O)O)CC2)cc1. The number of carboxylic acids is 1. The molecular formula is C18H25NO4. The van der Waals surface area contributed by atoms with Crippen molar-refractivity contribution in [3.8, 4) is 5.75 Å². The molecule has 0 unspecified atom stereocenters. The van der Waals surface area contributed by atoms with Gasteiger partial charge in [0.2, 0.25) is 0 Å². The average Bonchev–Trinajstić information content (AvgIpc) is 2.53. The van der Waals surface area contributed by atoms with Gasteiger partial charge in [-0.3, -0.25) is 9.59 Å². The predicted molar refractivity (Wildman–Crippen MR) is 87.6 cm³/mol. The highest BCUT2D eigenvalue weighted by Crippen LogP contribution is 2.21. The number of carboxylic acid groups (broad SMARTS) is 1. The third kappa shape index (κ3) is 5.27. The van der Waals surface area contributed by atoms with Crippen LogP contribution in [0.5, 0.6) is 5.75 Å². The topological polar surface area (TPSA) is 66.8 Å². The van der Waals surface area contributed by atoms with Crippen LogP contribution in [0.4, 0.5) is 0 Å². The van der Waals surface area contributed by atoms with Gasteiger partial charge in [-0.05, 0) is 42.4 Å². The molecule has 0 aromatic heterocycles. The summed E-state index contributed by atoms with van der Waals surface area (Å²) in [5, 5.41) is 8.80. The molecule has 5 heteroatoms. The van der Waals surface area contributed by atoms with Crippen molar-refractivity contribution in [1.82, 2.24) is 4.90 Å². The van der Waals surface area contributed by atoms with Gasteiger partial charge in [0.05, 0.1) is 0 Å². The Balaban J connectivity index is 1.76. The molecule has 0 atom stereocenters. The first-order valence-electron chi connectivity index (χ1n) is 8.18. The van der Waals surface area contributed by atoms with Crippen molar-refractivity contribution in [1.29, 1.82) is 0 Å². The van der Waals surface area contributed by atoms with E-state index in [0.717, 1.165) is 12.8 Å². The second-order valence-corrected chi connectivity index (χ2v) is 6.43. The Labute approximate surface area is 137 Å². The summed E-state index contributed by atoms with van der Waals surface area (Å²) in [6.07, 6.45) is 1.70. The molecule has 0 saturated carbocycles. The van der Waals surface area contributed by atoms with E-state index in [4.69, 9.17) is 9.84 Å². The fraction of sp³-hybridized carbons (Fsp3) is 0.556. The lowest BCUT2D eigenvalue weighted by Crippen LogP contribution is -2.41. The van der Waals surface area contributed by atoms with E-state index >= 15 is 0 Å². The summed E-state index contributed by atoms with van der Waals surface area (Å²) in [5.74, 6) is 0.553. The molecule has 1 amide bonds. The highest BCUT2D eigenvalue weighted by atomic mass is 16.5. The van der Waals surface area contributed by atoms with Crippen LogP contribution in [0.2, 0.25) is 0 Å². The molecule has 126 valence electrons. The fourth-order valence-corrected chi connectivity index (χ4v) is 2.82. The number of benzene rings is 1. The van der Waals surface area contributed by atoms with Gasteiger partial charge in [-0.25, -0.2) is 0 Å². The highest BCUT2D eigenvalue weighted by molar-refractivity contribution is 5.78. The number of carbonyl (C=O) groups excluding carboxylic acids is 1. The Morgan fingerprint density at radius 1 is 1.22 bits per heavy atom. The average molecular weight is 319 g/mol. The number of likely N-dealkylation sites (tertiary alicyclic amines) is 1. The van der Waals surface area contributed by atoms with E-state index < -0.39 is 5.97 Å². The summed E-state index contributed by atoms with van der Waals surface area (Å²) >= 11 is 0. The fourth-order valence-electron chi connectivity index (χ4n) is 2.82. The minimum absolute atomic E-state index is 0.0324. The molecular weight excluding hydrogens is 294 g/mol. The van der Waals surface area contributed by atoms with E-state index in [9.17, 15) is 9.59 Å². The van der Waals surface area contributed by atoms with E-state index in [1.54, 1.807) is 4.90 Å². The van der Waals surface area contributed by atoms with Crippen LogP contribution in [0, 0.1) is 5.92 Å². The van der Waals surface area contributed by atoms with Crippen LogP contribution in [-0.2, 0) is 9.59 Å². The number of hydrogen-bond acceptors (Lipinski definition) is 3. The molecule has 0 spiro atoms. The lowest BCUT2D eigenvalue weighted by atomic mass is 9.94. The molecule has 1 N–H and O–H groups in total. The molecule has 1 fully saturated rings. The maximum Gasteiger partial charge on any atom is 0.303 e. The van der Waals surface area contributed by atoms with Gasteiger partial charge in [-0.1, -0.05) is 26.0 Å². The molecule has 1 aliphatic heterocycles. The van der Waals surface area contributed by atoms with Crippen LogP contribution in [-0.4, -0.2) is 41.6 Å². The first-order chi connectivity index (χ1) is 11.0. The number of hydrogen-bond donors (Lipinski definition) is 1. The number of carbonyl (C=O) groups is 2. The van der Waals surface area contributed by atoms with E-state index in [1.165, 1.54) is 5.56 Å². The standard InChI is InChI=1S/C18H25NO4/c1-13(2)15-3-5-16(6-4-15)23-12-17(20)19-9-7-14(8-10-19)11-18(21)22/h3-6,13-14H,7-12H2,1-2H3,(H,21,22). The molecule has 0 radical (unpaired) electrons. The van der Waals surface area contributed by atoms with Crippen LogP contribution in [0.25, 0.3) is 0 Å². The van der Waals surface area contributed by atoms with Crippen molar-refractivity contribution < 1.29 is 19.4 Å². The Kier molecular flexibility index (Phi) is 6.02. The molecule has 1 heterocycles. The van der Waals surface area contributed by atoms with Crippen molar-refractivity contribution in [2.75, 3.05) is 19.7 Å². The van der Waals surface area contributed by atoms with Crippen molar-refractivity contribution in [3.05, 3.63) is 29.8 Å². The zero-order valence-electron chi connectivity index (χ0n) is 13.8. The van der Waals surface area contributed by atoms with E-state index in [0.29, 0.717) is 24.8 Å². The van der Waals surface area contributed by atoms with Gasteiger partial charge >= 0.3 is 5.97 Å². The summed E-state index contributed by atoms with van der Waals surface area (Å²) < 4.78 is 5.56. The molecule has 2 rings (SSSR count). The second-order valence-electron chi connectivity index (χ2n) is 6.43. The van der Waals surface area contributed by atoms with Gasteiger partial charge in [-0.15, -0.1) is 0 Å². The third-order valence-corrected chi connectivity index (χ3v) is 4.34. The minimum atomic E-state index is -0.761. The maximum absolute atomic E-state index is 12.2. The smallest absolute Gasteiger partial charge is 0.303 e. The highest BCUT2D eigenvalue weighted by Gasteiger charge is 2.24. The Bertz CT molecular complexity index is 530. The maximum atomic E-state index is 12.2. The van der Waals surface area contributed by atoms with Gasteiger partial charge in [0.1, 0.15) is 5.75 Å². The van der Waals surface area contributed by atoms with Crippen LogP contribution >= 0.6 is 0 Å². The number of ether oxygens (including phenoxy) is 1. The molecule has 1 aromatic carbocycles. The number of aliphatic carboxylic acids is 1. The molecule has 23 heavy (non-hydrogen) atoms. The Morgan fingerprint density at radius 2 is 1.83 bits per heavy atom. The van der Waals surface area contributed by atoms with Crippen molar-refractivity contribution in [2.24, 2.45) is 5.92 Å². The zero-order valence-corrected chi connectivity index (χ0v) is 13.8. The second kappa shape index (κ2) is 7.99. The summed E-state index contributed by atoms with van der Waals surface area (Å²) in [6.45, 7) is 5.53. The number of rotatable bonds is 6. The van der Waals surface area contributed by atoms with E-state index in [1.807, 2.05) is 24.3 Å². The van der Waals surface area contributed by atoms with Crippen molar-refractivity contribution in [2.45, 2.75) is 39.0 Å². The minimum Gasteiger partial charge on any atom is -0.484 e. The Hall–Kier alpha value is -2.04. The number of piperidine rings is 1. The van der Waals surface area contributed by atoms with Crippen molar-refractivity contribution >= 4 is 11.9 Å². The lowest BCUT2D eigenvalue weighted by molar-refractivity contribution is -0.139. The molecule has 5 nitrogen and oxygen atoms in total. The summed E-state index contributed by atoms with van der Waals surface area (Å²) in [5.41, 5.74) is 1.24. The van der Waals surface area contributed by atoms with E-state index in [-0.39, 0.29) is 24.9 Å². The third-order valence-electron chi connectivity index (χ3n) is 4.34. The van der Waals surface area contributed by atoms with Crippen LogP contribution in [0.15, 0.2) is 24.3 Å². The number of nitrogens with zero attached hydrogens (tertiary/aromatic N) is 1. The molecule has 0 aliphatic carbocycles.